The van der Waals surface area contributed by atoms with Crippen LogP contribution >= 0.6 is 0 Å². The minimum atomic E-state index is -0.519. The molecule has 0 bridgehead atoms. The summed E-state index contributed by atoms with van der Waals surface area (Å²) >= 11 is 0. The fourth-order valence-electron chi connectivity index (χ4n) is 1.68. The first kappa shape index (κ1) is 16.4. The number of nitrogens with two attached hydrogens (primary N) is 1. The van der Waals surface area contributed by atoms with E-state index < -0.39 is 17.4 Å². The molecule has 1 amide bonds. The number of halogens is 1. The molecule has 0 aliphatic heterocycles. The van der Waals surface area contributed by atoms with Crippen LogP contribution < -0.4 is 11.1 Å². The van der Waals surface area contributed by atoms with Crippen molar-refractivity contribution in [2.24, 2.45) is 0 Å². The molecule has 1 atom stereocenters. The molecule has 4 N–H and O–H groups in total. The number of nitrogens with one attached hydrogen (secondary N) is 1. The van der Waals surface area contributed by atoms with Gasteiger partial charge >= 0.3 is 0 Å². The highest BCUT2D eigenvalue weighted by Crippen LogP contribution is 2.19. The number of aliphatic hydroxyl groups is 1. The Morgan fingerprint density at radius 1 is 1.55 bits per heavy atom. The highest BCUT2D eigenvalue weighted by atomic mass is 19.1. The van der Waals surface area contributed by atoms with Crippen molar-refractivity contribution in [2.45, 2.75) is 32.4 Å². The first-order chi connectivity index (χ1) is 9.19. The number of nitrogens with zero attached hydrogens (tertiary/aromatic N) is 1. The maximum Gasteiger partial charge on any atom is 0.241 e. The summed E-state index contributed by atoms with van der Waals surface area (Å²) in [5, 5.41) is 12.0. The largest absolute Gasteiger partial charge is 0.396 e. The predicted molar refractivity (Wildman–Crippen MR) is 77.8 cm³/mol. The summed E-state index contributed by atoms with van der Waals surface area (Å²) in [5.74, 6) is -0.769. The number of hydrogen-bond acceptors (Lipinski definition) is 4. The van der Waals surface area contributed by atoms with Crippen molar-refractivity contribution in [2.75, 3.05) is 24.7 Å². The average molecular weight is 283 g/mol. The maximum absolute atomic E-state index is 13.1. The molecule has 0 saturated carbocycles. The molecule has 5 nitrogen and oxygen atoms in total. The van der Waals surface area contributed by atoms with Crippen LogP contribution in [0.5, 0.6) is 0 Å². The Labute approximate surface area is 118 Å². The number of rotatable bonds is 5. The Balaban J connectivity index is 2.77. The standard InChI is InChI=1S/C14H22FN3O2/c1-9(18(4)14(2,3)8-19)13(20)17-10-5-6-11(15)12(16)7-10/h5-7,9,19H,8,16H2,1-4H3,(H,17,20). The number of nitrogen functional groups attached to an aromatic ring is 1. The molecule has 0 aliphatic carbocycles. The van der Waals surface area contributed by atoms with Crippen LogP contribution in [0.4, 0.5) is 15.8 Å². The topological polar surface area (TPSA) is 78.6 Å². The molecule has 0 radical (unpaired) electrons. The van der Waals surface area contributed by atoms with Crippen molar-refractivity contribution in [3.05, 3.63) is 24.0 Å². The second-order valence-corrected chi connectivity index (χ2v) is 5.48. The van der Waals surface area contributed by atoms with E-state index in [0.29, 0.717) is 5.69 Å². The van der Waals surface area contributed by atoms with Gasteiger partial charge in [0.1, 0.15) is 5.82 Å². The third kappa shape index (κ3) is 3.68. The summed E-state index contributed by atoms with van der Waals surface area (Å²) in [6.45, 7) is 5.35. The first-order valence-electron chi connectivity index (χ1n) is 6.38. The molecule has 20 heavy (non-hydrogen) atoms. The van der Waals surface area contributed by atoms with Crippen LogP contribution in [0.15, 0.2) is 18.2 Å². The third-order valence-corrected chi connectivity index (χ3v) is 3.57. The van der Waals surface area contributed by atoms with Crippen molar-refractivity contribution < 1.29 is 14.3 Å². The third-order valence-electron chi connectivity index (χ3n) is 3.57. The Morgan fingerprint density at radius 3 is 2.65 bits per heavy atom. The van der Waals surface area contributed by atoms with Gasteiger partial charge in [-0.1, -0.05) is 0 Å². The Hall–Kier alpha value is -1.66. The van der Waals surface area contributed by atoms with Gasteiger partial charge in [-0.3, -0.25) is 9.69 Å². The van der Waals surface area contributed by atoms with Crippen molar-refractivity contribution in [1.29, 1.82) is 0 Å². The van der Waals surface area contributed by atoms with Gasteiger partial charge in [-0.15, -0.1) is 0 Å². The van der Waals surface area contributed by atoms with Gasteiger partial charge in [0.05, 0.1) is 18.3 Å². The second-order valence-electron chi connectivity index (χ2n) is 5.48. The van der Waals surface area contributed by atoms with Crippen LogP contribution in [0, 0.1) is 5.82 Å². The summed E-state index contributed by atoms with van der Waals surface area (Å²) in [4.78, 5) is 13.9. The highest BCUT2D eigenvalue weighted by Gasteiger charge is 2.30. The fourth-order valence-corrected chi connectivity index (χ4v) is 1.68. The monoisotopic (exact) mass is 283 g/mol. The van der Waals surface area contributed by atoms with Gasteiger partial charge in [0.2, 0.25) is 5.91 Å². The Morgan fingerprint density at radius 2 is 2.15 bits per heavy atom. The van der Waals surface area contributed by atoms with Gasteiger partial charge < -0.3 is 16.2 Å². The van der Waals surface area contributed by atoms with Crippen LogP contribution in [0.2, 0.25) is 0 Å². The van der Waals surface area contributed by atoms with E-state index in [1.807, 2.05) is 13.8 Å². The molecule has 0 fully saturated rings. The normalized spacial score (nSPS) is 13.3. The fraction of sp³-hybridized carbons (Fsp3) is 0.500. The van der Waals surface area contributed by atoms with Gasteiger partial charge in [-0.05, 0) is 46.0 Å². The predicted octanol–water partition coefficient (Wildman–Crippen LogP) is 1.44. The molecule has 0 heterocycles. The lowest BCUT2D eigenvalue weighted by Gasteiger charge is -2.37. The molecule has 0 saturated heterocycles. The van der Waals surface area contributed by atoms with Crippen molar-refractivity contribution >= 4 is 17.3 Å². The van der Waals surface area contributed by atoms with E-state index in [4.69, 9.17) is 5.73 Å². The van der Waals surface area contributed by atoms with E-state index in [1.165, 1.54) is 18.2 Å². The number of likely N-dealkylation sites (N-methyl/N-ethyl adjacent to an activating group) is 1. The maximum atomic E-state index is 13.1. The molecule has 0 aliphatic rings. The van der Waals surface area contributed by atoms with Gasteiger partial charge in [0.15, 0.2) is 0 Å². The molecule has 0 spiro atoms. The van der Waals surface area contributed by atoms with Crippen LogP contribution in [0.3, 0.4) is 0 Å². The minimum absolute atomic E-state index is 0.0144. The van der Waals surface area contributed by atoms with E-state index in [9.17, 15) is 14.3 Å². The lowest BCUT2D eigenvalue weighted by atomic mass is 10.0. The summed E-state index contributed by atoms with van der Waals surface area (Å²) in [6, 6.07) is 3.57. The van der Waals surface area contributed by atoms with E-state index in [2.05, 4.69) is 5.32 Å². The summed E-state index contributed by atoms with van der Waals surface area (Å²) in [6.07, 6.45) is 0. The molecule has 1 aromatic rings. The summed E-state index contributed by atoms with van der Waals surface area (Å²) < 4.78 is 13.1. The van der Waals surface area contributed by atoms with Crippen LogP contribution in [-0.4, -0.2) is 41.1 Å². The number of hydrogen-bond donors (Lipinski definition) is 3. The van der Waals surface area contributed by atoms with Gasteiger partial charge in [-0.2, -0.15) is 0 Å². The molecular formula is C14H22FN3O2. The highest BCUT2D eigenvalue weighted by molar-refractivity contribution is 5.94. The zero-order chi connectivity index (χ0) is 15.5. The van der Waals surface area contributed by atoms with Crippen LogP contribution in [-0.2, 0) is 4.79 Å². The Kier molecular flexibility index (Phi) is 5.08. The molecular weight excluding hydrogens is 261 g/mol. The number of aliphatic hydroxyl groups excluding tert-OH is 1. The summed E-state index contributed by atoms with van der Waals surface area (Å²) in [5.41, 5.74) is 5.36. The molecule has 6 heteroatoms. The van der Waals surface area contributed by atoms with Crippen LogP contribution in [0.1, 0.15) is 20.8 Å². The average Bonchev–Trinajstić information content (AvgIpc) is 2.41. The van der Waals surface area contributed by atoms with E-state index in [0.717, 1.165) is 0 Å². The van der Waals surface area contributed by atoms with Crippen molar-refractivity contribution in [1.82, 2.24) is 4.90 Å². The first-order valence-corrected chi connectivity index (χ1v) is 6.38. The van der Waals surface area contributed by atoms with E-state index in [1.54, 1.807) is 18.9 Å². The molecule has 1 rings (SSSR count). The molecule has 112 valence electrons. The zero-order valence-electron chi connectivity index (χ0n) is 12.3. The summed E-state index contributed by atoms with van der Waals surface area (Å²) in [7, 11) is 1.76. The van der Waals surface area contributed by atoms with Crippen LogP contribution in [0.25, 0.3) is 0 Å². The quantitative estimate of drug-likeness (QED) is 0.714. The van der Waals surface area contributed by atoms with Gasteiger partial charge in [-0.25, -0.2) is 4.39 Å². The lowest BCUT2D eigenvalue weighted by molar-refractivity contribution is -0.122. The number of carbonyl (C=O) groups excluding carboxylic acids is 1. The Bertz CT molecular complexity index is 491. The number of anilines is 2. The number of amides is 1. The smallest absolute Gasteiger partial charge is 0.241 e. The van der Waals surface area contributed by atoms with E-state index in [-0.39, 0.29) is 18.2 Å². The minimum Gasteiger partial charge on any atom is -0.396 e. The molecule has 1 unspecified atom stereocenters. The van der Waals surface area contributed by atoms with Crippen molar-refractivity contribution in [3.8, 4) is 0 Å². The molecule has 1 aromatic carbocycles. The number of carbonyl (C=O) groups is 1. The SMILES string of the molecule is CC(C(=O)Nc1ccc(F)c(N)c1)N(C)C(C)(C)CO. The zero-order valence-corrected chi connectivity index (χ0v) is 12.3. The number of benzene rings is 1. The van der Waals surface area contributed by atoms with Gasteiger partial charge in [0, 0.05) is 11.2 Å². The van der Waals surface area contributed by atoms with Gasteiger partial charge in [0.25, 0.3) is 0 Å². The molecule has 0 aromatic heterocycles. The lowest BCUT2D eigenvalue weighted by Crippen LogP contribution is -2.52. The van der Waals surface area contributed by atoms with E-state index >= 15 is 0 Å². The van der Waals surface area contributed by atoms with Crippen molar-refractivity contribution in [3.63, 3.8) is 0 Å². The second kappa shape index (κ2) is 6.19.